The highest BCUT2D eigenvalue weighted by Gasteiger charge is 2.28. The molecule has 1 fully saturated rings. The van der Waals surface area contributed by atoms with Gasteiger partial charge >= 0.3 is 0 Å². The molecule has 0 aromatic rings. The molecule has 3 nitrogen and oxygen atoms in total. The highest BCUT2D eigenvalue weighted by atomic mass is 16.2. The first-order valence-corrected chi connectivity index (χ1v) is 5.78. The van der Waals surface area contributed by atoms with Crippen LogP contribution in [0.2, 0.25) is 0 Å². The van der Waals surface area contributed by atoms with Gasteiger partial charge in [-0.05, 0) is 27.2 Å². The van der Waals surface area contributed by atoms with Crippen LogP contribution in [0.5, 0.6) is 0 Å². The van der Waals surface area contributed by atoms with Gasteiger partial charge in [0.05, 0.1) is 0 Å². The predicted molar refractivity (Wildman–Crippen MR) is 62.7 cm³/mol. The van der Waals surface area contributed by atoms with Crippen molar-refractivity contribution in [3.63, 3.8) is 0 Å². The van der Waals surface area contributed by atoms with Crippen molar-refractivity contribution in [2.75, 3.05) is 13.1 Å². The molecule has 1 N–H and O–H groups in total. The number of nitrogens with one attached hydrogen (secondary N) is 1. The molecule has 2 atom stereocenters. The van der Waals surface area contributed by atoms with Gasteiger partial charge in [-0.1, -0.05) is 13.0 Å². The fraction of sp³-hybridized carbons (Fsp3) is 0.750. The molecule has 0 radical (unpaired) electrons. The van der Waals surface area contributed by atoms with Crippen LogP contribution < -0.4 is 5.32 Å². The summed E-state index contributed by atoms with van der Waals surface area (Å²) in [5, 5.41) is 3.33. The summed E-state index contributed by atoms with van der Waals surface area (Å²) in [6.45, 7) is 9.96. The quantitative estimate of drug-likeness (QED) is 0.701. The zero-order chi connectivity index (χ0) is 11.4. The maximum atomic E-state index is 12.1. The molecule has 15 heavy (non-hydrogen) atoms. The Labute approximate surface area is 92.5 Å². The second kappa shape index (κ2) is 5.31. The lowest BCUT2D eigenvalue weighted by molar-refractivity contribution is -0.132. The van der Waals surface area contributed by atoms with Crippen LogP contribution in [-0.2, 0) is 4.79 Å². The van der Waals surface area contributed by atoms with E-state index in [1.54, 1.807) is 0 Å². The number of piperazine rings is 1. The second-order valence-corrected chi connectivity index (χ2v) is 4.36. The molecule has 1 heterocycles. The highest BCUT2D eigenvalue weighted by molar-refractivity contribution is 5.93. The minimum Gasteiger partial charge on any atom is -0.331 e. The molecular formula is C12H22N2O. The van der Waals surface area contributed by atoms with Crippen molar-refractivity contribution in [1.82, 2.24) is 10.2 Å². The monoisotopic (exact) mass is 210 g/mol. The summed E-state index contributed by atoms with van der Waals surface area (Å²) >= 11 is 0. The standard InChI is InChI=1S/C12H22N2O/c1-5-6-9(2)12(15)14-10(3)7-13-8-11(14)4/h6,10-11,13H,5,7-8H2,1-4H3. The topological polar surface area (TPSA) is 32.3 Å². The molecule has 0 saturated carbocycles. The van der Waals surface area contributed by atoms with Gasteiger partial charge in [-0.25, -0.2) is 0 Å². The summed E-state index contributed by atoms with van der Waals surface area (Å²) < 4.78 is 0. The van der Waals surface area contributed by atoms with E-state index in [1.807, 2.05) is 17.9 Å². The van der Waals surface area contributed by atoms with E-state index in [-0.39, 0.29) is 5.91 Å². The number of hydrogen-bond donors (Lipinski definition) is 1. The Morgan fingerprint density at radius 3 is 2.40 bits per heavy atom. The molecule has 1 saturated heterocycles. The van der Waals surface area contributed by atoms with Gasteiger partial charge < -0.3 is 10.2 Å². The average molecular weight is 210 g/mol. The van der Waals surface area contributed by atoms with Gasteiger partial charge in [0.25, 0.3) is 0 Å². The van der Waals surface area contributed by atoms with Gasteiger partial charge in [-0.2, -0.15) is 0 Å². The second-order valence-electron chi connectivity index (χ2n) is 4.36. The van der Waals surface area contributed by atoms with Crippen LogP contribution in [0.1, 0.15) is 34.1 Å². The van der Waals surface area contributed by atoms with Crippen molar-refractivity contribution in [2.24, 2.45) is 0 Å². The van der Waals surface area contributed by atoms with Crippen molar-refractivity contribution in [3.05, 3.63) is 11.6 Å². The van der Waals surface area contributed by atoms with Crippen LogP contribution in [-0.4, -0.2) is 36.0 Å². The van der Waals surface area contributed by atoms with Crippen LogP contribution in [0.3, 0.4) is 0 Å². The van der Waals surface area contributed by atoms with Gasteiger partial charge in [-0.15, -0.1) is 0 Å². The van der Waals surface area contributed by atoms with Crippen LogP contribution in [0.15, 0.2) is 11.6 Å². The maximum absolute atomic E-state index is 12.1. The van der Waals surface area contributed by atoms with Gasteiger partial charge in [0.1, 0.15) is 0 Å². The van der Waals surface area contributed by atoms with Gasteiger partial charge in [0.2, 0.25) is 5.91 Å². The zero-order valence-electron chi connectivity index (χ0n) is 10.2. The van der Waals surface area contributed by atoms with Crippen molar-refractivity contribution in [2.45, 2.75) is 46.2 Å². The van der Waals surface area contributed by atoms with Crippen molar-refractivity contribution >= 4 is 5.91 Å². The SMILES string of the molecule is CCC=C(C)C(=O)N1C(C)CNCC1C. The first-order valence-electron chi connectivity index (χ1n) is 5.78. The Kier molecular flexibility index (Phi) is 4.33. The molecule has 1 rings (SSSR count). The predicted octanol–water partition coefficient (Wildman–Crippen LogP) is 1.55. The fourth-order valence-corrected chi connectivity index (χ4v) is 2.13. The van der Waals surface area contributed by atoms with E-state index >= 15 is 0 Å². The van der Waals surface area contributed by atoms with E-state index in [9.17, 15) is 4.79 Å². The number of allylic oxidation sites excluding steroid dienone is 1. The smallest absolute Gasteiger partial charge is 0.249 e. The molecule has 0 aliphatic carbocycles. The minimum atomic E-state index is 0.193. The zero-order valence-corrected chi connectivity index (χ0v) is 10.2. The molecule has 3 heteroatoms. The largest absolute Gasteiger partial charge is 0.331 e. The van der Waals surface area contributed by atoms with E-state index in [2.05, 4.69) is 26.1 Å². The number of nitrogens with zero attached hydrogens (tertiary/aromatic N) is 1. The lowest BCUT2D eigenvalue weighted by atomic mass is 10.1. The van der Waals surface area contributed by atoms with Crippen molar-refractivity contribution < 1.29 is 4.79 Å². The Balaban J connectivity index is 2.75. The number of carbonyl (C=O) groups excluding carboxylic acids is 1. The lowest BCUT2D eigenvalue weighted by Crippen LogP contribution is -2.57. The highest BCUT2D eigenvalue weighted by Crippen LogP contribution is 2.14. The van der Waals surface area contributed by atoms with Gasteiger partial charge in [0, 0.05) is 30.7 Å². The summed E-state index contributed by atoms with van der Waals surface area (Å²) in [6.07, 6.45) is 2.93. The van der Waals surface area contributed by atoms with Crippen LogP contribution in [0.25, 0.3) is 0 Å². The number of rotatable bonds is 2. The number of hydrogen-bond acceptors (Lipinski definition) is 2. The Hall–Kier alpha value is -0.830. The molecule has 1 aliphatic heterocycles. The molecule has 86 valence electrons. The Morgan fingerprint density at radius 2 is 1.93 bits per heavy atom. The lowest BCUT2D eigenvalue weighted by Gasteiger charge is -2.39. The Bertz CT molecular complexity index is 250. The van der Waals surface area contributed by atoms with Crippen LogP contribution in [0, 0.1) is 0 Å². The van der Waals surface area contributed by atoms with Crippen LogP contribution >= 0.6 is 0 Å². The normalized spacial score (nSPS) is 28.0. The summed E-state index contributed by atoms with van der Waals surface area (Å²) in [5.74, 6) is 0.193. The molecule has 1 aliphatic rings. The molecule has 2 unspecified atom stereocenters. The Morgan fingerprint density at radius 1 is 1.40 bits per heavy atom. The van der Waals surface area contributed by atoms with Gasteiger partial charge in [-0.3, -0.25) is 4.79 Å². The number of carbonyl (C=O) groups is 1. The molecule has 1 amide bonds. The minimum absolute atomic E-state index is 0.193. The molecule has 0 spiro atoms. The van der Waals surface area contributed by atoms with E-state index < -0.39 is 0 Å². The third kappa shape index (κ3) is 2.81. The molecule has 0 aromatic carbocycles. The van der Waals surface area contributed by atoms with E-state index in [1.165, 1.54) is 0 Å². The van der Waals surface area contributed by atoms with Gasteiger partial charge in [0.15, 0.2) is 0 Å². The molecular weight excluding hydrogens is 188 g/mol. The average Bonchev–Trinajstić information content (AvgIpc) is 2.17. The van der Waals surface area contributed by atoms with Crippen molar-refractivity contribution in [1.29, 1.82) is 0 Å². The summed E-state index contributed by atoms with van der Waals surface area (Å²) in [6, 6.07) is 0.586. The van der Waals surface area contributed by atoms with E-state index in [0.29, 0.717) is 12.1 Å². The summed E-state index contributed by atoms with van der Waals surface area (Å²) in [4.78, 5) is 14.1. The van der Waals surface area contributed by atoms with E-state index in [0.717, 1.165) is 25.1 Å². The summed E-state index contributed by atoms with van der Waals surface area (Å²) in [7, 11) is 0. The first-order chi connectivity index (χ1) is 7.07. The third-order valence-electron chi connectivity index (χ3n) is 2.91. The van der Waals surface area contributed by atoms with Crippen LogP contribution in [0.4, 0.5) is 0 Å². The first kappa shape index (κ1) is 12.2. The molecule has 0 aromatic heterocycles. The maximum Gasteiger partial charge on any atom is 0.249 e. The van der Waals surface area contributed by atoms with Crippen molar-refractivity contribution in [3.8, 4) is 0 Å². The fourth-order valence-electron chi connectivity index (χ4n) is 2.13. The summed E-state index contributed by atoms with van der Waals surface area (Å²) in [5.41, 5.74) is 0.873. The third-order valence-corrected chi connectivity index (χ3v) is 2.91. The van der Waals surface area contributed by atoms with E-state index in [4.69, 9.17) is 0 Å². The molecule has 0 bridgehead atoms. The number of amides is 1.